The van der Waals surface area contributed by atoms with Crippen LogP contribution < -0.4 is 4.74 Å². The van der Waals surface area contributed by atoms with E-state index in [1.54, 1.807) is 12.5 Å². The maximum Gasteiger partial charge on any atom is 0.128 e. The molecule has 112 valence electrons. The third kappa shape index (κ3) is 3.40. The highest BCUT2D eigenvalue weighted by atomic mass is 16.5. The molecule has 0 N–H and O–H groups in total. The molecule has 2 nitrogen and oxygen atoms in total. The lowest BCUT2D eigenvalue weighted by Gasteiger charge is -2.12. The first kappa shape index (κ1) is 14.5. The van der Waals surface area contributed by atoms with Gasteiger partial charge in [-0.1, -0.05) is 55.8 Å². The molecule has 0 radical (unpaired) electrons. The maximum atomic E-state index is 6.09. The average Bonchev–Trinajstić information content (AvgIpc) is 3.09. The Morgan fingerprint density at radius 2 is 1.82 bits per heavy atom. The highest BCUT2D eigenvalue weighted by Crippen LogP contribution is 2.32. The van der Waals surface area contributed by atoms with Gasteiger partial charge in [-0.25, -0.2) is 0 Å². The van der Waals surface area contributed by atoms with Crippen LogP contribution in [-0.4, -0.2) is 0 Å². The monoisotopic (exact) mass is 292 g/mol. The van der Waals surface area contributed by atoms with Gasteiger partial charge in [-0.05, 0) is 29.7 Å². The van der Waals surface area contributed by atoms with Crippen molar-refractivity contribution in [1.82, 2.24) is 0 Å². The lowest BCUT2D eigenvalue weighted by atomic mass is 10.0. The van der Waals surface area contributed by atoms with Crippen LogP contribution >= 0.6 is 0 Å². The Morgan fingerprint density at radius 1 is 0.955 bits per heavy atom. The van der Waals surface area contributed by atoms with E-state index in [1.165, 1.54) is 11.1 Å². The lowest BCUT2D eigenvalue weighted by molar-refractivity contribution is 0.307. The number of hydrogen-bond acceptors (Lipinski definition) is 2. The molecule has 3 rings (SSSR count). The number of furan rings is 1. The molecule has 0 spiro atoms. The first-order valence-corrected chi connectivity index (χ1v) is 7.69. The van der Waals surface area contributed by atoms with Crippen molar-refractivity contribution in [3.05, 3.63) is 78.3 Å². The minimum atomic E-state index is 0.571. The molecule has 0 amide bonds. The third-order valence-electron chi connectivity index (χ3n) is 3.65. The van der Waals surface area contributed by atoms with Crippen molar-refractivity contribution < 1.29 is 9.15 Å². The van der Waals surface area contributed by atoms with Crippen LogP contribution in [0.3, 0.4) is 0 Å². The summed E-state index contributed by atoms with van der Waals surface area (Å²) < 4.78 is 11.3. The Labute approximate surface area is 131 Å². The van der Waals surface area contributed by atoms with Crippen LogP contribution in [0.5, 0.6) is 5.75 Å². The van der Waals surface area contributed by atoms with Crippen LogP contribution in [0.15, 0.2) is 71.5 Å². The summed E-state index contributed by atoms with van der Waals surface area (Å²) in [6.45, 7) is 2.76. The normalized spacial score (nSPS) is 10.6. The first-order chi connectivity index (χ1) is 10.9. The SMILES string of the molecule is CCCc1ccc(-c2ccoc2)c(OCc2ccccc2)c1. The van der Waals surface area contributed by atoms with Gasteiger partial charge in [0.1, 0.15) is 12.4 Å². The van der Waals surface area contributed by atoms with Crippen LogP contribution in [0.1, 0.15) is 24.5 Å². The number of ether oxygens (including phenoxy) is 1. The highest BCUT2D eigenvalue weighted by molar-refractivity contribution is 5.70. The van der Waals surface area contributed by atoms with Gasteiger partial charge in [-0.3, -0.25) is 0 Å². The second-order valence-corrected chi connectivity index (χ2v) is 5.37. The maximum absolute atomic E-state index is 6.09. The van der Waals surface area contributed by atoms with E-state index >= 15 is 0 Å². The molecule has 22 heavy (non-hydrogen) atoms. The Hall–Kier alpha value is -2.48. The fourth-order valence-corrected chi connectivity index (χ4v) is 2.52. The molecule has 0 aliphatic heterocycles. The summed E-state index contributed by atoms with van der Waals surface area (Å²) in [6, 6.07) is 18.6. The fourth-order valence-electron chi connectivity index (χ4n) is 2.52. The molecule has 0 bridgehead atoms. The van der Waals surface area contributed by atoms with E-state index in [-0.39, 0.29) is 0 Å². The summed E-state index contributed by atoms with van der Waals surface area (Å²) in [5.74, 6) is 0.913. The van der Waals surface area contributed by atoms with Crippen LogP contribution in [-0.2, 0) is 13.0 Å². The standard InChI is InChI=1S/C20H20O2/c1-2-6-16-9-10-19(18-11-12-21-15-18)20(13-16)22-14-17-7-4-3-5-8-17/h3-5,7-13,15H,2,6,14H2,1H3. The van der Waals surface area contributed by atoms with E-state index in [2.05, 4.69) is 37.3 Å². The average molecular weight is 292 g/mol. The van der Waals surface area contributed by atoms with E-state index in [9.17, 15) is 0 Å². The number of aryl methyl sites for hydroxylation is 1. The Bertz CT molecular complexity index is 700. The van der Waals surface area contributed by atoms with Crippen molar-refractivity contribution in [3.8, 4) is 16.9 Å². The molecule has 2 aromatic carbocycles. The summed E-state index contributed by atoms with van der Waals surface area (Å²) in [5.41, 5.74) is 4.59. The summed E-state index contributed by atoms with van der Waals surface area (Å²) in [4.78, 5) is 0. The Kier molecular flexibility index (Phi) is 4.59. The molecule has 3 aromatic rings. The van der Waals surface area contributed by atoms with Gasteiger partial charge in [0.2, 0.25) is 0 Å². The number of hydrogen-bond donors (Lipinski definition) is 0. The van der Waals surface area contributed by atoms with Crippen molar-refractivity contribution >= 4 is 0 Å². The summed E-state index contributed by atoms with van der Waals surface area (Å²) in [5, 5.41) is 0. The fraction of sp³-hybridized carbons (Fsp3) is 0.200. The Balaban J connectivity index is 1.87. The van der Waals surface area contributed by atoms with Gasteiger partial charge in [-0.2, -0.15) is 0 Å². The number of benzene rings is 2. The molecular formula is C20H20O2. The molecule has 1 aromatic heterocycles. The summed E-state index contributed by atoms with van der Waals surface area (Å²) in [6.07, 6.45) is 5.64. The van der Waals surface area contributed by atoms with Gasteiger partial charge in [0, 0.05) is 11.1 Å². The smallest absolute Gasteiger partial charge is 0.128 e. The zero-order valence-corrected chi connectivity index (χ0v) is 12.8. The van der Waals surface area contributed by atoms with Crippen molar-refractivity contribution in [2.75, 3.05) is 0 Å². The highest BCUT2D eigenvalue weighted by Gasteiger charge is 2.09. The predicted octanol–water partition coefficient (Wildman–Crippen LogP) is 5.48. The van der Waals surface area contributed by atoms with Gasteiger partial charge in [0.25, 0.3) is 0 Å². The molecule has 0 fully saturated rings. The minimum Gasteiger partial charge on any atom is -0.488 e. The van der Waals surface area contributed by atoms with Crippen molar-refractivity contribution in [2.45, 2.75) is 26.4 Å². The zero-order chi connectivity index (χ0) is 15.2. The van der Waals surface area contributed by atoms with Gasteiger partial charge in [-0.15, -0.1) is 0 Å². The van der Waals surface area contributed by atoms with Crippen molar-refractivity contribution in [1.29, 1.82) is 0 Å². The molecule has 0 aliphatic carbocycles. The molecule has 0 saturated heterocycles. The van der Waals surface area contributed by atoms with E-state index in [1.807, 2.05) is 24.3 Å². The van der Waals surface area contributed by atoms with E-state index < -0.39 is 0 Å². The summed E-state index contributed by atoms with van der Waals surface area (Å²) >= 11 is 0. The van der Waals surface area contributed by atoms with Gasteiger partial charge < -0.3 is 9.15 Å². The van der Waals surface area contributed by atoms with Crippen LogP contribution in [0.4, 0.5) is 0 Å². The van der Waals surface area contributed by atoms with Gasteiger partial charge in [0.05, 0.1) is 12.5 Å². The second-order valence-electron chi connectivity index (χ2n) is 5.37. The van der Waals surface area contributed by atoms with Crippen molar-refractivity contribution in [2.24, 2.45) is 0 Å². The predicted molar refractivity (Wildman–Crippen MR) is 88.9 cm³/mol. The molecule has 1 heterocycles. The zero-order valence-electron chi connectivity index (χ0n) is 12.8. The third-order valence-corrected chi connectivity index (χ3v) is 3.65. The quantitative estimate of drug-likeness (QED) is 0.600. The van der Waals surface area contributed by atoms with E-state index in [4.69, 9.17) is 9.15 Å². The molecular weight excluding hydrogens is 272 g/mol. The first-order valence-electron chi connectivity index (χ1n) is 7.69. The lowest BCUT2D eigenvalue weighted by Crippen LogP contribution is -1.98. The van der Waals surface area contributed by atoms with Crippen molar-refractivity contribution in [3.63, 3.8) is 0 Å². The minimum absolute atomic E-state index is 0.571. The molecule has 0 unspecified atom stereocenters. The van der Waals surface area contributed by atoms with Crippen LogP contribution in [0, 0.1) is 0 Å². The molecule has 0 atom stereocenters. The van der Waals surface area contributed by atoms with Crippen LogP contribution in [0.2, 0.25) is 0 Å². The van der Waals surface area contributed by atoms with E-state index in [0.29, 0.717) is 6.61 Å². The second kappa shape index (κ2) is 6.99. The van der Waals surface area contributed by atoms with Gasteiger partial charge in [0.15, 0.2) is 0 Å². The Morgan fingerprint density at radius 3 is 2.55 bits per heavy atom. The molecule has 0 aliphatic rings. The van der Waals surface area contributed by atoms with Gasteiger partial charge >= 0.3 is 0 Å². The van der Waals surface area contributed by atoms with Crippen LogP contribution in [0.25, 0.3) is 11.1 Å². The molecule has 0 saturated carbocycles. The van der Waals surface area contributed by atoms with E-state index in [0.717, 1.165) is 29.7 Å². The largest absolute Gasteiger partial charge is 0.488 e. The summed E-state index contributed by atoms with van der Waals surface area (Å²) in [7, 11) is 0. The number of rotatable bonds is 6. The molecule has 2 heteroatoms. The topological polar surface area (TPSA) is 22.4 Å².